The van der Waals surface area contributed by atoms with Crippen LogP contribution in [-0.2, 0) is 9.53 Å². The average molecular weight is 341 g/mol. The van der Waals surface area contributed by atoms with E-state index in [9.17, 15) is 9.59 Å². The van der Waals surface area contributed by atoms with Crippen molar-refractivity contribution in [2.45, 2.75) is 91.0 Å². The summed E-state index contributed by atoms with van der Waals surface area (Å²) in [6.07, 6.45) is 3.66. The zero-order valence-corrected chi connectivity index (χ0v) is 16.1. The molecule has 1 aliphatic carbocycles. The van der Waals surface area contributed by atoms with Gasteiger partial charge in [0.05, 0.1) is 6.54 Å². The fourth-order valence-corrected chi connectivity index (χ4v) is 3.03. The lowest BCUT2D eigenvalue weighted by Crippen LogP contribution is -2.46. The smallest absolute Gasteiger partial charge is 0.407 e. The lowest BCUT2D eigenvalue weighted by atomic mass is 9.82. The quantitative estimate of drug-likeness (QED) is 0.694. The average Bonchev–Trinajstić information content (AvgIpc) is 2.42. The van der Waals surface area contributed by atoms with Crippen LogP contribution in [0.2, 0.25) is 0 Å². The van der Waals surface area contributed by atoms with Gasteiger partial charge in [0.1, 0.15) is 5.60 Å². The van der Waals surface area contributed by atoms with Gasteiger partial charge < -0.3 is 20.7 Å². The van der Waals surface area contributed by atoms with Gasteiger partial charge in [-0.2, -0.15) is 0 Å². The number of amides is 2. The van der Waals surface area contributed by atoms with Crippen molar-refractivity contribution in [3.05, 3.63) is 0 Å². The van der Waals surface area contributed by atoms with Gasteiger partial charge in [-0.15, -0.1) is 0 Å². The van der Waals surface area contributed by atoms with E-state index in [4.69, 9.17) is 4.74 Å². The Morgan fingerprint density at radius 1 is 1.08 bits per heavy atom. The Morgan fingerprint density at radius 2 is 1.67 bits per heavy atom. The number of rotatable bonds is 6. The fraction of sp³-hybridized carbons (Fsp3) is 0.889. The highest BCUT2D eigenvalue weighted by molar-refractivity contribution is 5.78. The second-order valence-electron chi connectivity index (χ2n) is 8.15. The summed E-state index contributed by atoms with van der Waals surface area (Å²) in [7, 11) is 0. The lowest BCUT2D eigenvalue weighted by Gasteiger charge is -2.33. The van der Waals surface area contributed by atoms with E-state index in [1.165, 1.54) is 0 Å². The van der Waals surface area contributed by atoms with Gasteiger partial charge in [-0.1, -0.05) is 0 Å². The highest BCUT2D eigenvalue weighted by atomic mass is 16.6. The molecule has 0 saturated heterocycles. The number of ether oxygens (including phenoxy) is 1. The summed E-state index contributed by atoms with van der Waals surface area (Å²) in [6.45, 7) is 12.0. The van der Waals surface area contributed by atoms with Gasteiger partial charge >= 0.3 is 6.09 Å². The minimum atomic E-state index is -0.462. The highest BCUT2D eigenvalue weighted by Crippen LogP contribution is 2.27. The molecule has 0 heterocycles. The Balaban J connectivity index is 2.27. The largest absolute Gasteiger partial charge is 0.444 e. The van der Waals surface area contributed by atoms with E-state index < -0.39 is 5.60 Å². The minimum Gasteiger partial charge on any atom is -0.444 e. The number of nitrogens with one attached hydrogen (secondary N) is 3. The van der Waals surface area contributed by atoms with Gasteiger partial charge in [0.25, 0.3) is 0 Å². The Morgan fingerprint density at radius 3 is 2.17 bits per heavy atom. The number of carbonyl (C=O) groups is 2. The normalized spacial score (nSPS) is 22.8. The molecular formula is C18H35N3O3. The first kappa shape index (κ1) is 20.7. The highest BCUT2D eigenvalue weighted by Gasteiger charge is 2.27. The molecule has 3 N–H and O–H groups in total. The van der Waals surface area contributed by atoms with E-state index in [0.717, 1.165) is 25.7 Å². The molecule has 1 atom stereocenters. The maximum atomic E-state index is 11.8. The minimum absolute atomic E-state index is 0.0390. The van der Waals surface area contributed by atoms with E-state index in [0.29, 0.717) is 18.5 Å². The topological polar surface area (TPSA) is 79.5 Å². The molecule has 6 heteroatoms. The SMILES string of the molecule is CC(C)NC(=O)CNC(C)C1CCC(NC(=O)OC(C)(C)C)CC1. The van der Waals surface area contributed by atoms with Gasteiger partial charge in [-0.25, -0.2) is 4.79 Å². The third-order valence-corrected chi connectivity index (χ3v) is 4.23. The molecule has 6 nitrogen and oxygen atoms in total. The zero-order valence-electron chi connectivity index (χ0n) is 16.1. The van der Waals surface area contributed by atoms with Crippen molar-refractivity contribution in [1.29, 1.82) is 0 Å². The molecule has 1 saturated carbocycles. The molecule has 0 radical (unpaired) electrons. The van der Waals surface area contributed by atoms with Gasteiger partial charge in [0, 0.05) is 18.1 Å². The van der Waals surface area contributed by atoms with Crippen molar-refractivity contribution in [2.75, 3.05) is 6.54 Å². The molecule has 0 bridgehead atoms. The third-order valence-electron chi connectivity index (χ3n) is 4.23. The second-order valence-corrected chi connectivity index (χ2v) is 8.15. The fourth-order valence-electron chi connectivity index (χ4n) is 3.03. The molecule has 2 amide bonds. The molecule has 1 rings (SSSR count). The van der Waals surface area contributed by atoms with Crippen LogP contribution in [0.3, 0.4) is 0 Å². The number of hydrogen-bond acceptors (Lipinski definition) is 4. The summed E-state index contributed by atoms with van der Waals surface area (Å²) >= 11 is 0. The predicted octanol–water partition coefficient (Wildman–Crippen LogP) is 2.57. The summed E-state index contributed by atoms with van der Waals surface area (Å²) in [4.78, 5) is 23.5. The Labute approximate surface area is 146 Å². The van der Waals surface area contributed by atoms with Crippen molar-refractivity contribution >= 4 is 12.0 Å². The lowest BCUT2D eigenvalue weighted by molar-refractivity contribution is -0.120. The van der Waals surface area contributed by atoms with Crippen LogP contribution in [-0.4, -0.2) is 42.3 Å². The maximum absolute atomic E-state index is 11.8. The van der Waals surface area contributed by atoms with Crippen LogP contribution < -0.4 is 16.0 Å². The van der Waals surface area contributed by atoms with Crippen LogP contribution in [0.4, 0.5) is 4.79 Å². The first-order chi connectivity index (χ1) is 11.1. The van der Waals surface area contributed by atoms with Crippen LogP contribution in [0.5, 0.6) is 0 Å². The van der Waals surface area contributed by atoms with Crippen LogP contribution in [0.25, 0.3) is 0 Å². The Hall–Kier alpha value is -1.30. The maximum Gasteiger partial charge on any atom is 0.407 e. The van der Waals surface area contributed by atoms with Crippen LogP contribution in [0.1, 0.15) is 67.2 Å². The summed E-state index contributed by atoms with van der Waals surface area (Å²) in [5.41, 5.74) is -0.462. The number of alkyl carbamates (subject to hydrolysis) is 1. The number of carbonyl (C=O) groups excluding carboxylic acids is 2. The summed E-state index contributed by atoms with van der Waals surface area (Å²) < 4.78 is 5.30. The van der Waals surface area contributed by atoms with Gasteiger partial charge in [0.15, 0.2) is 0 Å². The molecule has 0 aromatic carbocycles. The Kier molecular flexibility index (Phi) is 8.00. The molecule has 140 valence electrons. The third kappa shape index (κ3) is 8.52. The predicted molar refractivity (Wildman–Crippen MR) is 95.9 cm³/mol. The summed E-state index contributed by atoms with van der Waals surface area (Å²) in [5.74, 6) is 0.575. The van der Waals surface area contributed by atoms with E-state index >= 15 is 0 Å². The summed E-state index contributed by atoms with van der Waals surface area (Å²) in [6, 6.07) is 0.655. The van der Waals surface area contributed by atoms with Crippen LogP contribution in [0.15, 0.2) is 0 Å². The van der Waals surface area contributed by atoms with Crippen molar-refractivity contribution in [2.24, 2.45) is 5.92 Å². The molecule has 1 unspecified atom stereocenters. The van der Waals surface area contributed by atoms with Gasteiger partial charge in [-0.05, 0) is 73.1 Å². The molecule has 0 spiro atoms. The molecular weight excluding hydrogens is 306 g/mol. The van der Waals surface area contributed by atoms with Gasteiger partial charge in [0.2, 0.25) is 5.91 Å². The van der Waals surface area contributed by atoms with E-state index in [2.05, 4.69) is 22.9 Å². The van der Waals surface area contributed by atoms with Crippen LogP contribution in [0, 0.1) is 5.92 Å². The molecule has 1 aliphatic rings. The van der Waals surface area contributed by atoms with E-state index in [1.54, 1.807) is 0 Å². The first-order valence-corrected chi connectivity index (χ1v) is 9.09. The van der Waals surface area contributed by atoms with Crippen LogP contribution >= 0.6 is 0 Å². The molecule has 24 heavy (non-hydrogen) atoms. The Bertz CT molecular complexity index is 410. The van der Waals surface area contributed by atoms with Gasteiger partial charge in [-0.3, -0.25) is 4.79 Å². The van der Waals surface area contributed by atoms with E-state index in [1.807, 2.05) is 34.6 Å². The molecule has 0 aromatic heterocycles. The molecule has 0 aliphatic heterocycles. The van der Waals surface area contributed by atoms with E-state index in [-0.39, 0.29) is 24.1 Å². The summed E-state index contributed by atoms with van der Waals surface area (Å²) in [5, 5.41) is 9.17. The van der Waals surface area contributed by atoms with Crippen molar-refractivity contribution < 1.29 is 14.3 Å². The zero-order chi connectivity index (χ0) is 18.3. The second kappa shape index (κ2) is 9.25. The first-order valence-electron chi connectivity index (χ1n) is 9.09. The van der Waals surface area contributed by atoms with Crippen molar-refractivity contribution in [3.63, 3.8) is 0 Å². The standard InChI is InChI=1S/C18H35N3O3/c1-12(2)20-16(22)11-19-13(3)14-7-9-15(10-8-14)21-17(23)24-18(4,5)6/h12-15,19H,7-11H2,1-6H3,(H,20,22)(H,21,23). The number of hydrogen-bond donors (Lipinski definition) is 3. The monoisotopic (exact) mass is 341 g/mol. The van der Waals surface area contributed by atoms with Crippen molar-refractivity contribution in [3.8, 4) is 0 Å². The van der Waals surface area contributed by atoms with Crippen molar-refractivity contribution in [1.82, 2.24) is 16.0 Å². The molecule has 0 aromatic rings. The molecule has 1 fully saturated rings.